The van der Waals surface area contributed by atoms with E-state index in [2.05, 4.69) is 14.2 Å². The fraction of sp³-hybridized carbons (Fsp3) is 0.812. The predicted molar refractivity (Wildman–Crippen MR) is 93.5 cm³/mol. The molecule has 0 aromatic heterocycles. The Hall–Kier alpha value is -1.95. The maximum atomic E-state index is 12.3. The summed E-state index contributed by atoms with van der Waals surface area (Å²) >= 11 is 0. The molecule has 0 aliphatic carbocycles. The first-order valence-corrected chi connectivity index (χ1v) is 8.78. The molecule has 0 saturated heterocycles. The molecule has 0 aliphatic rings. The lowest BCUT2D eigenvalue weighted by Gasteiger charge is -2.30. The Bertz CT molecular complexity index is 583. The van der Waals surface area contributed by atoms with Crippen molar-refractivity contribution in [3.63, 3.8) is 0 Å². The molecule has 182 valence electrons. The largest absolute Gasteiger partial charge is 0.469 e. The summed E-state index contributed by atoms with van der Waals surface area (Å²) in [5, 5.41) is 84.8. The fourth-order valence-corrected chi connectivity index (χ4v) is 2.04. The van der Waals surface area contributed by atoms with Gasteiger partial charge in [-0.15, -0.1) is 0 Å². The maximum absolute atomic E-state index is 12.3. The second-order valence-electron chi connectivity index (χ2n) is 6.50. The van der Waals surface area contributed by atoms with Crippen LogP contribution in [0.1, 0.15) is 12.8 Å². The third-order valence-corrected chi connectivity index (χ3v) is 3.93. The molecule has 7 atom stereocenters. The van der Waals surface area contributed by atoms with Gasteiger partial charge in [0.15, 0.2) is 5.60 Å². The summed E-state index contributed by atoms with van der Waals surface area (Å²) in [4.78, 5) is 35.6. The van der Waals surface area contributed by atoms with Crippen LogP contribution >= 0.6 is 0 Å². The van der Waals surface area contributed by atoms with Gasteiger partial charge in [-0.25, -0.2) is 4.79 Å². The Labute approximate surface area is 175 Å². The number of esters is 3. The van der Waals surface area contributed by atoms with Crippen molar-refractivity contribution in [3.8, 4) is 0 Å². The van der Waals surface area contributed by atoms with Gasteiger partial charge in [0.1, 0.15) is 37.1 Å². The van der Waals surface area contributed by atoms with Crippen LogP contribution in [0.3, 0.4) is 0 Å². The van der Waals surface area contributed by atoms with Crippen LogP contribution in [0.15, 0.2) is 0 Å². The van der Waals surface area contributed by atoms with Crippen LogP contribution in [0.25, 0.3) is 0 Å². The lowest BCUT2D eigenvalue weighted by Crippen LogP contribution is -2.53. The first-order chi connectivity index (χ1) is 14.3. The maximum Gasteiger partial charge on any atom is 0.341 e. The van der Waals surface area contributed by atoms with E-state index in [1.54, 1.807) is 0 Å². The SMILES string of the molecule is COC(=O)CC(O)(CC(=O)OCC(O)CO)C(=O)OC(O)[C@H](O)[C@@H](O)[C@H](O)[C@H](O)CO. The van der Waals surface area contributed by atoms with Crippen LogP contribution in [0.5, 0.6) is 0 Å². The summed E-state index contributed by atoms with van der Waals surface area (Å²) in [5.41, 5.74) is -2.98. The molecule has 0 aliphatic heterocycles. The molecule has 15 heteroatoms. The number of hydrogen-bond donors (Lipinski definition) is 9. The van der Waals surface area contributed by atoms with E-state index in [4.69, 9.17) is 15.3 Å². The summed E-state index contributed by atoms with van der Waals surface area (Å²) in [7, 11) is 0.896. The minimum atomic E-state index is -2.98. The molecule has 0 saturated carbocycles. The van der Waals surface area contributed by atoms with Crippen molar-refractivity contribution in [2.45, 2.75) is 55.3 Å². The van der Waals surface area contributed by atoms with E-state index in [0.29, 0.717) is 0 Å². The number of hydrogen-bond acceptors (Lipinski definition) is 15. The van der Waals surface area contributed by atoms with Crippen molar-refractivity contribution in [3.05, 3.63) is 0 Å². The van der Waals surface area contributed by atoms with Crippen LogP contribution in [0.4, 0.5) is 0 Å². The van der Waals surface area contributed by atoms with Gasteiger partial charge in [0, 0.05) is 0 Å². The first kappa shape index (κ1) is 29.1. The summed E-state index contributed by atoms with van der Waals surface area (Å²) in [5.74, 6) is -4.36. The van der Waals surface area contributed by atoms with E-state index in [0.717, 1.165) is 7.11 Å². The van der Waals surface area contributed by atoms with Crippen molar-refractivity contribution in [2.24, 2.45) is 0 Å². The number of ether oxygens (including phenoxy) is 3. The Morgan fingerprint density at radius 3 is 1.87 bits per heavy atom. The third-order valence-electron chi connectivity index (χ3n) is 3.93. The van der Waals surface area contributed by atoms with Gasteiger partial charge in [-0.05, 0) is 0 Å². The van der Waals surface area contributed by atoms with Gasteiger partial charge in [-0.2, -0.15) is 0 Å². The number of rotatable bonds is 14. The second kappa shape index (κ2) is 13.5. The zero-order valence-corrected chi connectivity index (χ0v) is 16.5. The normalized spacial score (nSPS) is 19.2. The number of carbonyl (C=O) groups is 3. The fourth-order valence-electron chi connectivity index (χ4n) is 2.04. The molecule has 0 aromatic carbocycles. The molecule has 0 fully saturated rings. The number of methoxy groups -OCH3 is 1. The van der Waals surface area contributed by atoms with E-state index < -0.39 is 93.0 Å². The van der Waals surface area contributed by atoms with Gasteiger partial charge in [0.25, 0.3) is 0 Å². The lowest BCUT2D eigenvalue weighted by atomic mass is 9.95. The molecular weight excluding hydrogens is 432 g/mol. The number of aliphatic hydroxyl groups excluding tert-OH is 8. The molecule has 0 bridgehead atoms. The van der Waals surface area contributed by atoms with Gasteiger partial charge >= 0.3 is 17.9 Å². The zero-order valence-electron chi connectivity index (χ0n) is 16.5. The molecule has 0 amide bonds. The molecule has 31 heavy (non-hydrogen) atoms. The van der Waals surface area contributed by atoms with Crippen molar-refractivity contribution >= 4 is 17.9 Å². The van der Waals surface area contributed by atoms with E-state index in [9.17, 15) is 45.0 Å². The minimum absolute atomic E-state index is 0.711. The molecule has 0 aromatic rings. The van der Waals surface area contributed by atoms with Crippen LogP contribution in [0, 0.1) is 0 Å². The van der Waals surface area contributed by atoms with Crippen molar-refractivity contribution in [1.29, 1.82) is 0 Å². The summed E-state index contributed by atoms with van der Waals surface area (Å²) < 4.78 is 13.1. The standard InChI is InChI=1S/C16H28O15/c1-29-9(21)2-16(28,3-10(22)30-6-7(19)4-17)15(27)31-14(26)13(25)12(24)11(23)8(20)5-18/h7-8,11-14,17-20,23-26,28H,2-6H2,1H3/t7?,8-,11-,12+,13-,14?,16?/m1/s1. The van der Waals surface area contributed by atoms with E-state index in [-0.39, 0.29) is 0 Å². The smallest absolute Gasteiger partial charge is 0.341 e. The zero-order chi connectivity index (χ0) is 24.4. The highest BCUT2D eigenvalue weighted by molar-refractivity contribution is 5.90. The van der Waals surface area contributed by atoms with E-state index >= 15 is 0 Å². The van der Waals surface area contributed by atoms with Gasteiger partial charge in [0.05, 0.1) is 33.2 Å². The van der Waals surface area contributed by atoms with Crippen LogP contribution in [-0.4, -0.2) is 133 Å². The molecule has 0 heterocycles. The van der Waals surface area contributed by atoms with E-state index in [1.807, 2.05) is 0 Å². The molecule has 3 unspecified atom stereocenters. The minimum Gasteiger partial charge on any atom is -0.469 e. The van der Waals surface area contributed by atoms with Gasteiger partial charge in [-0.3, -0.25) is 9.59 Å². The van der Waals surface area contributed by atoms with Crippen LogP contribution < -0.4 is 0 Å². The summed E-state index contributed by atoms with van der Waals surface area (Å²) in [6, 6.07) is 0. The third kappa shape index (κ3) is 9.38. The summed E-state index contributed by atoms with van der Waals surface area (Å²) in [6.07, 6.45) is -15.4. The van der Waals surface area contributed by atoms with Gasteiger partial charge < -0.3 is 60.2 Å². The average molecular weight is 460 g/mol. The highest BCUT2D eigenvalue weighted by Crippen LogP contribution is 2.21. The van der Waals surface area contributed by atoms with Gasteiger partial charge in [-0.1, -0.05) is 0 Å². The predicted octanol–water partition coefficient (Wildman–Crippen LogP) is -6.14. The molecular formula is C16H28O15. The van der Waals surface area contributed by atoms with Crippen molar-refractivity contribution in [1.82, 2.24) is 0 Å². The average Bonchev–Trinajstić information content (AvgIpc) is 2.74. The Morgan fingerprint density at radius 2 is 1.39 bits per heavy atom. The Kier molecular flexibility index (Phi) is 12.6. The van der Waals surface area contributed by atoms with Crippen LogP contribution in [-0.2, 0) is 28.6 Å². The van der Waals surface area contributed by atoms with Crippen molar-refractivity contribution < 1.29 is 74.6 Å². The molecule has 0 spiro atoms. The highest BCUT2D eigenvalue weighted by atomic mass is 16.7. The molecule has 15 nitrogen and oxygen atoms in total. The van der Waals surface area contributed by atoms with E-state index in [1.165, 1.54) is 0 Å². The second-order valence-corrected chi connectivity index (χ2v) is 6.50. The number of carbonyl (C=O) groups excluding carboxylic acids is 3. The molecule has 0 rings (SSSR count). The van der Waals surface area contributed by atoms with Crippen LogP contribution in [0.2, 0.25) is 0 Å². The topological polar surface area (TPSA) is 261 Å². The monoisotopic (exact) mass is 460 g/mol. The quantitative estimate of drug-likeness (QED) is 0.0663. The first-order valence-electron chi connectivity index (χ1n) is 8.78. The highest BCUT2D eigenvalue weighted by Gasteiger charge is 2.46. The molecule has 9 N–H and O–H groups in total. The molecule has 0 radical (unpaired) electrons. The Balaban J connectivity index is 5.30. The lowest BCUT2D eigenvalue weighted by molar-refractivity contribution is -0.227. The summed E-state index contributed by atoms with van der Waals surface area (Å²) in [6.45, 7) is -2.49. The Morgan fingerprint density at radius 1 is 0.839 bits per heavy atom. The van der Waals surface area contributed by atoms with Gasteiger partial charge in [0.2, 0.25) is 6.29 Å². The van der Waals surface area contributed by atoms with Crippen molar-refractivity contribution in [2.75, 3.05) is 26.9 Å². The number of aliphatic hydroxyl groups is 9.